The van der Waals surface area contributed by atoms with E-state index in [1.165, 1.54) is 18.9 Å². The predicted octanol–water partition coefficient (Wildman–Crippen LogP) is 5.03. The molecule has 2 unspecified atom stereocenters. The summed E-state index contributed by atoms with van der Waals surface area (Å²) in [6.07, 6.45) is 7.18. The summed E-state index contributed by atoms with van der Waals surface area (Å²) in [6, 6.07) is 5.57. The largest absolute Gasteiger partial charge is 0.492 e. The third-order valence-electron chi connectivity index (χ3n) is 7.14. The lowest BCUT2D eigenvalue weighted by Crippen LogP contribution is -2.49. The Hall–Kier alpha value is -1.82. The van der Waals surface area contributed by atoms with Crippen LogP contribution in [0.1, 0.15) is 71.3 Å². The van der Waals surface area contributed by atoms with Crippen LogP contribution in [0.15, 0.2) is 18.2 Å². The molecule has 1 spiro atoms. The molecule has 4 rings (SSSR count). The predicted molar refractivity (Wildman–Crippen MR) is 119 cm³/mol. The van der Waals surface area contributed by atoms with Gasteiger partial charge in [0.25, 0.3) is 0 Å². The van der Waals surface area contributed by atoms with Gasteiger partial charge in [0.15, 0.2) is 0 Å². The van der Waals surface area contributed by atoms with Gasteiger partial charge in [-0.3, -0.25) is 0 Å². The monoisotopic (exact) mass is 432 g/mol. The van der Waals surface area contributed by atoms with E-state index in [1.807, 2.05) is 0 Å². The van der Waals surface area contributed by atoms with Crippen molar-refractivity contribution >= 4 is 6.09 Å². The highest BCUT2D eigenvalue weighted by Gasteiger charge is 2.44. The first-order valence-corrected chi connectivity index (χ1v) is 11.8. The number of rotatable bonds is 3. The molecule has 2 atom stereocenters. The van der Waals surface area contributed by atoms with Gasteiger partial charge in [-0.1, -0.05) is 33.6 Å². The van der Waals surface area contributed by atoms with Gasteiger partial charge in [0, 0.05) is 23.1 Å². The van der Waals surface area contributed by atoms with Crippen molar-refractivity contribution in [2.24, 2.45) is 5.41 Å². The number of benzene rings is 1. The Morgan fingerprint density at radius 1 is 1.26 bits per heavy atom. The molecule has 6 heteroatoms. The van der Waals surface area contributed by atoms with Crippen LogP contribution in [0, 0.1) is 11.2 Å². The van der Waals surface area contributed by atoms with Crippen LogP contribution in [-0.2, 0) is 10.2 Å². The topological polar surface area (TPSA) is 50.8 Å². The summed E-state index contributed by atoms with van der Waals surface area (Å²) in [5.74, 6) is 0.671. The Kier molecular flexibility index (Phi) is 6.47. The zero-order valence-corrected chi connectivity index (χ0v) is 19.2. The highest BCUT2D eigenvalue weighted by atomic mass is 19.1. The second-order valence-corrected chi connectivity index (χ2v) is 10.9. The molecule has 1 aromatic rings. The average molecular weight is 433 g/mol. The smallest absolute Gasteiger partial charge is 0.407 e. The minimum absolute atomic E-state index is 0.0292. The van der Waals surface area contributed by atoms with Crippen LogP contribution in [0.2, 0.25) is 0 Å². The van der Waals surface area contributed by atoms with E-state index < -0.39 is 0 Å². The standard InChI is InChI=1S/C25H37FN2O3/c1-24(2,3)16-31-23(29)27-19-6-4-5-7-20(15-19)28-12-10-25(11-13-28)17-30-22-9-8-18(26)14-21(22)25/h8-9,14,19-20H,4-7,10-13,15-17H2,1-3H3,(H,27,29). The number of halogens is 1. The molecule has 1 aromatic carbocycles. The number of amides is 1. The molecule has 1 saturated carbocycles. The number of nitrogens with one attached hydrogen (secondary N) is 1. The third kappa shape index (κ3) is 5.33. The van der Waals surface area contributed by atoms with Crippen LogP contribution >= 0.6 is 0 Å². The van der Waals surface area contributed by atoms with Crippen LogP contribution < -0.4 is 10.1 Å². The molecule has 2 aliphatic heterocycles. The van der Waals surface area contributed by atoms with Gasteiger partial charge in [-0.05, 0) is 68.8 Å². The molecule has 0 radical (unpaired) electrons. The summed E-state index contributed by atoms with van der Waals surface area (Å²) in [4.78, 5) is 14.9. The number of likely N-dealkylation sites (tertiary alicyclic amines) is 1. The molecule has 1 aliphatic carbocycles. The summed E-state index contributed by atoms with van der Waals surface area (Å²) in [6.45, 7) is 9.26. The molecule has 0 aromatic heterocycles. The van der Waals surface area contributed by atoms with E-state index in [0.717, 1.165) is 56.5 Å². The molecule has 1 saturated heterocycles. The van der Waals surface area contributed by atoms with Crippen LogP contribution in [0.25, 0.3) is 0 Å². The molecular weight excluding hydrogens is 395 g/mol. The van der Waals surface area contributed by atoms with Crippen LogP contribution in [0.4, 0.5) is 9.18 Å². The number of hydrogen-bond acceptors (Lipinski definition) is 4. The van der Waals surface area contributed by atoms with Crippen LogP contribution in [0.5, 0.6) is 5.75 Å². The maximum atomic E-state index is 13.9. The molecule has 1 amide bonds. The summed E-state index contributed by atoms with van der Waals surface area (Å²) in [5.41, 5.74) is 0.972. The number of nitrogens with zero attached hydrogens (tertiary/aromatic N) is 1. The number of fused-ring (bicyclic) bond motifs is 2. The van der Waals surface area contributed by atoms with E-state index in [9.17, 15) is 9.18 Å². The van der Waals surface area contributed by atoms with Gasteiger partial charge in [-0.25, -0.2) is 9.18 Å². The van der Waals surface area contributed by atoms with Crippen molar-refractivity contribution < 1.29 is 18.7 Å². The number of piperidine rings is 1. The highest BCUT2D eigenvalue weighted by molar-refractivity contribution is 5.67. The fraction of sp³-hybridized carbons (Fsp3) is 0.720. The number of alkyl carbamates (subject to hydrolysis) is 1. The minimum atomic E-state index is -0.292. The lowest BCUT2D eigenvalue weighted by molar-refractivity contribution is 0.0843. The number of hydrogen-bond donors (Lipinski definition) is 1. The minimum Gasteiger partial charge on any atom is -0.492 e. The Morgan fingerprint density at radius 3 is 2.74 bits per heavy atom. The maximum Gasteiger partial charge on any atom is 0.407 e. The molecule has 2 heterocycles. The Morgan fingerprint density at radius 2 is 2.00 bits per heavy atom. The SMILES string of the molecule is CC(C)(C)COC(=O)NC1CCCCC(N2CCC3(CC2)COc2ccc(F)cc23)C1. The van der Waals surface area contributed by atoms with Crippen molar-refractivity contribution in [1.29, 1.82) is 0 Å². The zero-order chi connectivity index (χ0) is 22.1. The quantitative estimate of drug-likeness (QED) is 0.681. The van der Waals surface area contributed by atoms with Crippen molar-refractivity contribution in [1.82, 2.24) is 10.2 Å². The average Bonchev–Trinajstić information content (AvgIpc) is 2.90. The fourth-order valence-corrected chi connectivity index (χ4v) is 5.35. The first-order chi connectivity index (χ1) is 14.7. The summed E-state index contributed by atoms with van der Waals surface area (Å²) < 4.78 is 25.2. The van der Waals surface area contributed by atoms with Crippen molar-refractivity contribution in [3.63, 3.8) is 0 Å². The first kappa shape index (κ1) is 22.4. The fourth-order valence-electron chi connectivity index (χ4n) is 5.35. The number of carbonyl (C=O) groups excluding carboxylic acids is 1. The van der Waals surface area contributed by atoms with Gasteiger partial charge in [-0.15, -0.1) is 0 Å². The van der Waals surface area contributed by atoms with Crippen LogP contribution in [0.3, 0.4) is 0 Å². The van der Waals surface area contributed by atoms with Gasteiger partial charge < -0.3 is 19.7 Å². The molecular formula is C25H37FN2O3. The molecule has 1 N–H and O–H groups in total. The lowest BCUT2D eigenvalue weighted by Gasteiger charge is -2.42. The summed E-state index contributed by atoms with van der Waals surface area (Å²) in [7, 11) is 0. The van der Waals surface area contributed by atoms with Crippen molar-refractivity contribution in [3.8, 4) is 5.75 Å². The summed E-state index contributed by atoms with van der Waals surface area (Å²) >= 11 is 0. The Balaban J connectivity index is 1.33. The second kappa shape index (κ2) is 8.97. The van der Waals surface area contributed by atoms with Crippen LogP contribution in [-0.4, -0.2) is 49.4 Å². The molecule has 172 valence electrons. The normalized spacial score (nSPS) is 26.1. The van der Waals surface area contributed by atoms with Gasteiger partial charge in [0.2, 0.25) is 0 Å². The number of carbonyl (C=O) groups is 1. The second-order valence-electron chi connectivity index (χ2n) is 10.9. The summed E-state index contributed by atoms with van der Waals surface area (Å²) in [5, 5.41) is 3.12. The van der Waals surface area contributed by atoms with E-state index in [-0.39, 0.29) is 28.8 Å². The van der Waals surface area contributed by atoms with Gasteiger partial charge in [-0.2, -0.15) is 0 Å². The van der Waals surface area contributed by atoms with E-state index in [2.05, 4.69) is 31.0 Å². The molecule has 0 bridgehead atoms. The van der Waals surface area contributed by atoms with E-state index >= 15 is 0 Å². The lowest BCUT2D eigenvalue weighted by atomic mass is 9.74. The first-order valence-electron chi connectivity index (χ1n) is 11.8. The zero-order valence-electron chi connectivity index (χ0n) is 19.2. The Bertz CT molecular complexity index is 783. The van der Waals surface area contributed by atoms with Gasteiger partial charge >= 0.3 is 6.09 Å². The van der Waals surface area contributed by atoms with E-state index in [1.54, 1.807) is 12.1 Å². The molecule has 5 nitrogen and oxygen atoms in total. The number of ether oxygens (including phenoxy) is 2. The van der Waals surface area contributed by atoms with Gasteiger partial charge in [0.1, 0.15) is 11.6 Å². The van der Waals surface area contributed by atoms with Gasteiger partial charge in [0.05, 0.1) is 13.2 Å². The maximum absolute atomic E-state index is 13.9. The van der Waals surface area contributed by atoms with Crippen molar-refractivity contribution in [2.45, 2.75) is 83.2 Å². The molecule has 31 heavy (non-hydrogen) atoms. The highest BCUT2D eigenvalue weighted by Crippen LogP contribution is 2.46. The van der Waals surface area contributed by atoms with E-state index in [4.69, 9.17) is 9.47 Å². The molecule has 3 aliphatic rings. The van der Waals surface area contributed by atoms with Crippen molar-refractivity contribution in [3.05, 3.63) is 29.6 Å². The van der Waals surface area contributed by atoms with Crippen molar-refractivity contribution in [2.75, 3.05) is 26.3 Å². The molecule has 2 fully saturated rings. The third-order valence-corrected chi connectivity index (χ3v) is 7.14. The Labute approximate surface area is 185 Å². The van der Waals surface area contributed by atoms with E-state index in [0.29, 0.717) is 19.3 Å².